The molecule has 0 amide bonds. The molecule has 12 heavy (non-hydrogen) atoms. The lowest BCUT2D eigenvalue weighted by Crippen LogP contribution is -2.00. The molecule has 0 heterocycles. The number of benzene rings is 1. The van der Waals surface area contributed by atoms with Gasteiger partial charge in [0.25, 0.3) is 0 Å². The summed E-state index contributed by atoms with van der Waals surface area (Å²) in [6.45, 7) is 1.40. The van der Waals surface area contributed by atoms with Crippen LogP contribution < -0.4 is 5.73 Å². The van der Waals surface area contributed by atoms with E-state index in [1.54, 1.807) is 12.1 Å². The highest BCUT2D eigenvalue weighted by Gasteiger charge is 2.12. The fourth-order valence-corrected chi connectivity index (χ4v) is 1.39. The Morgan fingerprint density at radius 2 is 2.00 bits per heavy atom. The first kappa shape index (κ1) is 9.36. The Morgan fingerprint density at radius 3 is 2.42 bits per heavy atom. The summed E-state index contributed by atoms with van der Waals surface area (Å²) in [5.41, 5.74) is 6.18. The first-order valence-corrected chi connectivity index (χ1v) is 4.04. The van der Waals surface area contributed by atoms with E-state index in [9.17, 15) is 4.79 Å². The topological polar surface area (TPSA) is 43.1 Å². The Labute approximate surface area is 80.3 Å². The number of halogens is 2. The van der Waals surface area contributed by atoms with Crippen LogP contribution in [0, 0.1) is 0 Å². The molecule has 0 radical (unpaired) electrons. The van der Waals surface area contributed by atoms with Gasteiger partial charge in [-0.2, -0.15) is 0 Å². The normalized spacial score (nSPS) is 9.92. The van der Waals surface area contributed by atoms with Crippen molar-refractivity contribution in [3.63, 3.8) is 0 Å². The lowest BCUT2D eigenvalue weighted by Gasteiger charge is -2.04. The van der Waals surface area contributed by atoms with E-state index in [-0.39, 0.29) is 10.8 Å². The molecular formula is C8H7Cl2NO. The van der Waals surface area contributed by atoms with Crippen molar-refractivity contribution < 1.29 is 4.79 Å². The third-order valence-electron chi connectivity index (χ3n) is 1.48. The second-order valence-corrected chi connectivity index (χ2v) is 3.17. The molecule has 0 fully saturated rings. The van der Waals surface area contributed by atoms with Gasteiger partial charge in [0.15, 0.2) is 5.78 Å². The number of hydrogen-bond donors (Lipinski definition) is 1. The highest BCUT2D eigenvalue weighted by atomic mass is 35.5. The SMILES string of the molecule is CC(=O)c1c(N)ccc(Cl)c1Cl. The van der Waals surface area contributed by atoms with Crippen molar-refractivity contribution in [2.45, 2.75) is 6.92 Å². The van der Waals surface area contributed by atoms with Gasteiger partial charge in [-0.25, -0.2) is 0 Å². The van der Waals surface area contributed by atoms with E-state index >= 15 is 0 Å². The molecule has 0 aliphatic heterocycles. The van der Waals surface area contributed by atoms with Gasteiger partial charge in [0.1, 0.15) is 0 Å². The van der Waals surface area contributed by atoms with Gasteiger partial charge >= 0.3 is 0 Å². The number of Topliss-reactive ketones (excluding diaryl/α,β-unsaturated/α-hetero) is 1. The van der Waals surface area contributed by atoms with Crippen LogP contribution in [0.3, 0.4) is 0 Å². The van der Waals surface area contributed by atoms with Crippen LogP contribution in [0.5, 0.6) is 0 Å². The maximum Gasteiger partial charge on any atom is 0.163 e. The summed E-state index contributed by atoms with van der Waals surface area (Å²) in [6.07, 6.45) is 0. The predicted octanol–water partition coefficient (Wildman–Crippen LogP) is 2.78. The van der Waals surface area contributed by atoms with Crippen LogP contribution in [0.15, 0.2) is 12.1 Å². The summed E-state index contributed by atoms with van der Waals surface area (Å²) < 4.78 is 0. The summed E-state index contributed by atoms with van der Waals surface area (Å²) in [5, 5.41) is 0.570. The largest absolute Gasteiger partial charge is 0.398 e. The zero-order valence-electron chi connectivity index (χ0n) is 6.40. The molecule has 0 saturated heterocycles. The van der Waals surface area contributed by atoms with Crippen LogP contribution >= 0.6 is 23.2 Å². The summed E-state index contributed by atoms with van der Waals surface area (Å²) in [6, 6.07) is 3.12. The van der Waals surface area contributed by atoms with E-state index in [0.29, 0.717) is 16.3 Å². The minimum atomic E-state index is -0.181. The lowest BCUT2D eigenvalue weighted by molar-refractivity contribution is 0.101. The van der Waals surface area contributed by atoms with Crippen molar-refractivity contribution in [3.8, 4) is 0 Å². The van der Waals surface area contributed by atoms with Crippen molar-refractivity contribution in [1.29, 1.82) is 0 Å². The van der Waals surface area contributed by atoms with Crippen molar-refractivity contribution in [2.24, 2.45) is 0 Å². The van der Waals surface area contributed by atoms with Gasteiger partial charge < -0.3 is 5.73 Å². The summed E-state index contributed by atoms with van der Waals surface area (Å²) >= 11 is 11.5. The lowest BCUT2D eigenvalue weighted by atomic mass is 10.1. The van der Waals surface area contributed by atoms with Crippen LogP contribution in [0.25, 0.3) is 0 Å². The second-order valence-electron chi connectivity index (χ2n) is 2.38. The van der Waals surface area contributed by atoms with Crippen LogP contribution in [-0.4, -0.2) is 5.78 Å². The molecule has 0 aliphatic rings. The minimum Gasteiger partial charge on any atom is -0.398 e. The Bertz CT molecular complexity index is 336. The van der Waals surface area contributed by atoms with Gasteiger partial charge in [0, 0.05) is 5.69 Å². The quantitative estimate of drug-likeness (QED) is 0.564. The predicted molar refractivity (Wildman–Crippen MR) is 50.9 cm³/mol. The van der Waals surface area contributed by atoms with Gasteiger partial charge in [-0.05, 0) is 19.1 Å². The Balaban J connectivity index is 3.43. The van der Waals surface area contributed by atoms with Crippen molar-refractivity contribution in [3.05, 3.63) is 27.7 Å². The Morgan fingerprint density at radius 1 is 1.42 bits per heavy atom. The summed E-state index contributed by atoms with van der Waals surface area (Å²) in [5.74, 6) is -0.181. The van der Waals surface area contributed by atoms with Crippen LogP contribution in [0.4, 0.5) is 5.69 Å². The molecule has 0 saturated carbocycles. The highest BCUT2D eigenvalue weighted by Crippen LogP contribution is 2.30. The number of carbonyl (C=O) groups excluding carboxylic acids is 1. The van der Waals surface area contributed by atoms with E-state index in [0.717, 1.165) is 0 Å². The summed E-state index contributed by atoms with van der Waals surface area (Å²) in [7, 11) is 0. The van der Waals surface area contributed by atoms with Gasteiger partial charge in [-0.1, -0.05) is 23.2 Å². The zero-order valence-corrected chi connectivity index (χ0v) is 7.91. The highest BCUT2D eigenvalue weighted by molar-refractivity contribution is 6.44. The Hall–Kier alpha value is -0.730. The molecule has 0 bridgehead atoms. The monoisotopic (exact) mass is 203 g/mol. The molecule has 0 spiro atoms. The maximum atomic E-state index is 11.0. The molecule has 2 nitrogen and oxygen atoms in total. The average molecular weight is 204 g/mol. The van der Waals surface area contributed by atoms with Crippen LogP contribution in [-0.2, 0) is 0 Å². The zero-order chi connectivity index (χ0) is 9.30. The van der Waals surface area contributed by atoms with Crippen LogP contribution in [0.2, 0.25) is 10.0 Å². The molecule has 1 aromatic carbocycles. The number of rotatable bonds is 1. The van der Waals surface area contributed by atoms with Crippen molar-refractivity contribution >= 4 is 34.7 Å². The number of nitrogens with two attached hydrogens (primary N) is 1. The molecule has 1 rings (SSSR count). The minimum absolute atomic E-state index is 0.181. The van der Waals surface area contributed by atoms with E-state index in [1.807, 2.05) is 0 Å². The average Bonchev–Trinajstić information content (AvgIpc) is 1.97. The van der Waals surface area contributed by atoms with E-state index < -0.39 is 0 Å². The van der Waals surface area contributed by atoms with Crippen molar-refractivity contribution in [1.82, 2.24) is 0 Å². The molecule has 0 aromatic heterocycles. The summed E-state index contributed by atoms with van der Waals surface area (Å²) in [4.78, 5) is 11.0. The standard InChI is InChI=1S/C8H7Cl2NO/c1-4(12)7-6(11)3-2-5(9)8(7)10/h2-3H,11H2,1H3. The number of hydrogen-bond acceptors (Lipinski definition) is 2. The van der Waals surface area contributed by atoms with Crippen LogP contribution in [0.1, 0.15) is 17.3 Å². The maximum absolute atomic E-state index is 11.0. The van der Waals surface area contributed by atoms with Gasteiger partial charge in [0.05, 0.1) is 15.6 Å². The van der Waals surface area contributed by atoms with Gasteiger partial charge in [0.2, 0.25) is 0 Å². The fraction of sp³-hybridized carbons (Fsp3) is 0.125. The number of ketones is 1. The van der Waals surface area contributed by atoms with E-state index in [2.05, 4.69) is 0 Å². The number of nitrogen functional groups attached to an aromatic ring is 1. The number of carbonyl (C=O) groups is 1. The first-order chi connectivity index (χ1) is 5.54. The molecule has 2 N–H and O–H groups in total. The fourth-order valence-electron chi connectivity index (χ4n) is 0.923. The second kappa shape index (κ2) is 3.33. The smallest absolute Gasteiger partial charge is 0.163 e. The first-order valence-electron chi connectivity index (χ1n) is 3.28. The van der Waals surface area contributed by atoms with Gasteiger partial charge in [-0.3, -0.25) is 4.79 Å². The molecule has 0 unspecified atom stereocenters. The molecule has 1 aromatic rings. The Kier molecular flexibility index (Phi) is 2.60. The van der Waals surface area contributed by atoms with Crippen molar-refractivity contribution in [2.75, 3.05) is 5.73 Å². The van der Waals surface area contributed by atoms with Gasteiger partial charge in [-0.15, -0.1) is 0 Å². The molecular weight excluding hydrogens is 197 g/mol. The third kappa shape index (κ3) is 1.54. The third-order valence-corrected chi connectivity index (χ3v) is 2.28. The molecule has 4 heteroatoms. The van der Waals surface area contributed by atoms with E-state index in [4.69, 9.17) is 28.9 Å². The molecule has 0 atom stereocenters. The molecule has 64 valence electrons. The van der Waals surface area contributed by atoms with E-state index in [1.165, 1.54) is 6.92 Å². The number of anilines is 1. The molecule has 0 aliphatic carbocycles.